The highest BCUT2D eigenvalue weighted by molar-refractivity contribution is 6.08. The number of benzene rings is 1. The molecule has 1 aromatic carbocycles. The number of nitrogens with one attached hydrogen (secondary N) is 2. The lowest BCUT2D eigenvalue weighted by atomic mass is 9.81. The molecule has 1 aliphatic carbocycles. The molecule has 9 heteroatoms. The molecule has 0 bridgehead atoms. The molecule has 1 saturated carbocycles. The molecule has 1 aliphatic heterocycles. The van der Waals surface area contributed by atoms with Crippen LogP contribution in [0.5, 0.6) is 0 Å². The van der Waals surface area contributed by atoms with Crippen molar-refractivity contribution in [3.63, 3.8) is 0 Å². The van der Waals surface area contributed by atoms with E-state index in [-0.39, 0.29) is 30.2 Å². The summed E-state index contributed by atoms with van der Waals surface area (Å²) in [6.45, 7) is 0.948. The number of carbonyl (C=O) groups is 5. The molecule has 1 aromatic rings. The molecule has 1 heterocycles. The third-order valence-corrected chi connectivity index (χ3v) is 5.50. The van der Waals surface area contributed by atoms with Crippen molar-refractivity contribution < 1.29 is 28.7 Å². The number of nitrogens with zero attached hydrogens (tertiary/aromatic N) is 1. The van der Waals surface area contributed by atoms with Crippen LogP contribution < -0.4 is 10.6 Å². The van der Waals surface area contributed by atoms with E-state index in [9.17, 15) is 24.0 Å². The molecule has 9 nitrogen and oxygen atoms in total. The first-order valence-electron chi connectivity index (χ1n) is 10.0. The molecule has 0 spiro atoms. The average Bonchev–Trinajstić information content (AvgIpc) is 3.01. The molecule has 2 N–H and O–H groups in total. The Morgan fingerprint density at radius 3 is 2.27 bits per heavy atom. The summed E-state index contributed by atoms with van der Waals surface area (Å²) in [5.74, 6) is -3.10. The zero-order valence-electron chi connectivity index (χ0n) is 16.8. The number of rotatable bonds is 6. The SMILES string of the molecule is C[C@@H](C(=O)OCC(=O)NC(=O)NCc1ccccc1)N1C(=O)[C@H]2CCCC[C@@H]2C1=O. The van der Waals surface area contributed by atoms with Crippen molar-refractivity contribution in [1.82, 2.24) is 15.5 Å². The largest absolute Gasteiger partial charge is 0.454 e. The van der Waals surface area contributed by atoms with Crippen molar-refractivity contribution >= 4 is 29.7 Å². The van der Waals surface area contributed by atoms with Crippen LogP contribution in [0.2, 0.25) is 0 Å². The number of hydrogen-bond acceptors (Lipinski definition) is 6. The lowest BCUT2D eigenvalue weighted by molar-refractivity contribution is -0.159. The highest BCUT2D eigenvalue weighted by atomic mass is 16.5. The van der Waals surface area contributed by atoms with Crippen LogP contribution in [0.1, 0.15) is 38.2 Å². The average molecular weight is 415 g/mol. The maximum absolute atomic E-state index is 12.5. The van der Waals surface area contributed by atoms with Crippen LogP contribution in [0.3, 0.4) is 0 Å². The van der Waals surface area contributed by atoms with Gasteiger partial charge in [-0.1, -0.05) is 43.2 Å². The number of urea groups is 1. The summed E-state index contributed by atoms with van der Waals surface area (Å²) < 4.78 is 4.91. The van der Waals surface area contributed by atoms with Gasteiger partial charge in [0.1, 0.15) is 6.04 Å². The van der Waals surface area contributed by atoms with Crippen molar-refractivity contribution in [3.05, 3.63) is 35.9 Å². The summed E-state index contributed by atoms with van der Waals surface area (Å²) in [6, 6.07) is 7.30. The van der Waals surface area contributed by atoms with Crippen molar-refractivity contribution in [1.29, 1.82) is 0 Å². The molecule has 30 heavy (non-hydrogen) atoms. The van der Waals surface area contributed by atoms with E-state index >= 15 is 0 Å². The fraction of sp³-hybridized carbons (Fsp3) is 0.476. The number of esters is 1. The number of amides is 5. The Morgan fingerprint density at radius 2 is 1.67 bits per heavy atom. The van der Waals surface area contributed by atoms with Crippen LogP contribution in [0, 0.1) is 11.8 Å². The lowest BCUT2D eigenvalue weighted by Crippen LogP contribution is -2.46. The van der Waals surface area contributed by atoms with E-state index < -0.39 is 30.6 Å². The number of fused-ring (bicyclic) bond motifs is 1. The van der Waals surface area contributed by atoms with Crippen LogP contribution in [-0.2, 0) is 30.5 Å². The first-order valence-corrected chi connectivity index (χ1v) is 10.0. The van der Waals surface area contributed by atoms with Gasteiger partial charge in [-0.05, 0) is 25.3 Å². The maximum Gasteiger partial charge on any atom is 0.329 e. The number of likely N-dealkylation sites (tertiary alicyclic amines) is 1. The van der Waals surface area contributed by atoms with E-state index in [1.165, 1.54) is 6.92 Å². The van der Waals surface area contributed by atoms with Crippen LogP contribution in [0.4, 0.5) is 4.79 Å². The number of imide groups is 2. The predicted molar refractivity (Wildman–Crippen MR) is 105 cm³/mol. The van der Waals surface area contributed by atoms with Crippen LogP contribution >= 0.6 is 0 Å². The molecule has 3 atom stereocenters. The van der Waals surface area contributed by atoms with Crippen molar-refractivity contribution in [2.75, 3.05) is 6.61 Å². The Balaban J connectivity index is 1.44. The van der Waals surface area contributed by atoms with Gasteiger partial charge in [-0.2, -0.15) is 0 Å². The zero-order valence-corrected chi connectivity index (χ0v) is 16.8. The molecule has 3 rings (SSSR count). The molecule has 5 amide bonds. The molecule has 2 aliphatic rings. The van der Waals surface area contributed by atoms with E-state index in [1.807, 2.05) is 30.3 Å². The van der Waals surface area contributed by atoms with Gasteiger partial charge >= 0.3 is 12.0 Å². The third kappa shape index (κ3) is 4.84. The fourth-order valence-electron chi connectivity index (χ4n) is 3.92. The highest BCUT2D eigenvalue weighted by Crippen LogP contribution is 2.38. The van der Waals surface area contributed by atoms with Crippen molar-refractivity contribution in [3.8, 4) is 0 Å². The Hall–Kier alpha value is -3.23. The summed E-state index contributed by atoms with van der Waals surface area (Å²) >= 11 is 0. The third-order valence-electron chi connectivity index (χ3n) is 5.50. The monoisotopic (exact) mass is 415 g/mol. The van der Waals surface area contributed by atoms with Gasteiger partial charge in [0.15, 0.2) is 6.61 Å². The van der Waals surface area contributed by atoms with E-state index in [2.05, 4.69) is 10.6 Å². The van der Waals surface area contributed by atoms with E-state index in [0.29, 0.717) is 12.8 Å². The summed E-state index contributed by atoms with van der Waals surface area (Å²) in [6.07, 6.45) is 3.07. The Bertz CT molecular complexity index is 816. The van der Waals surface area contributed by atoms with E-state index in [1.54, 1.807) is 0 Å². The van der Waals surface area contributed by atoms with Crippen LogP contribution in [0.15, 0.2) is 30.3 Å². The minimum atomic E-state index is -1.12. The standard InChI is InChI=1S/C21H25N3O6/c1-13(24-18(26)15-9-5-6-10-16(15)19(24)27)20(28)30-12-17(25)23-21(29)22-11-14-7-3-2-4-8-14/h2-4,7-8,13,15-16H,5-6,9-12H2,1H3,(H2,22,23,25,29)/t13-,15-,16-/m0/s1. The predicted octanol–water partition coefficient (Wildman–Crippen LogP) is 1.12. The van der Waals surface area contributed by atoms with E-state index in [0.717, 1.165) is 23.3 Å². The number of ether oxygens (including phenoxy) is 1. The molecule has 0 aromatic heterocycles. The molecule has 160 valence electrons. The number of carbonyl (C=O) groups excluding carboxylic acids is 5. The Kier molecular flexibility index (Phi) is 6.81. The lowest BCUT2D eigenvalue weighted by Gasteiger charge is -2.21. The Morgan fingerprint density at radius 1 is 1.07 bits per heavy atom. The van der Waals surface area contributed by atoms with Crippen molar-refractivity contribution in [2.24, 2.45) is 11.8 Å². The minimum absolute atomic E-state index is 0.234. The van der Waals surface area contributed by atoms with Gasteiger partial charge in [0, 0.05) is 6.54 Å². The van der Waals surface area contributed by atoms with Crippen LogP contribution in [-0.4, -0.2) is 47.3 Å². The molecule has 1 saturated heterocycles. The second kappa shape index (κ2) is 9.51. The quantitative estimate of drug-likeness (QED) is 0.530. The van der Waals surface area contributed by atoms with Gasteiger partial charge in [0.2, 0.25) is 11.8 Å². The second-order valence-electron chi connectivity index (χ2n) is 7.54. The summed E-state index contributed by atoms with van der Waals surface area (Å²) in [4.78, 5) is 61.9. The first-order chi connectivity index (χ1) is 14.4. The van der Waals surface area contributed by atoms with Crippen molar-refractivity contribution in [2.45, 2.75) is 45.2 Å². The Labute approximate surface area is 174 Å². The second-order valence-corrected chi connectivity index (χ2v) is 7.54. The summed E-state index contributed by atoms with van der Waals surface area (Å²) in [5.41, 5.74) is 0.862. The van der Waals surface area contributed by atoms with Gasteiger partial charge in [-0.25, -0.2) is 9.59 Å². The zero-order chi connectivity index (χ0) is 21.7. The molecule has 0 radical (unpaired) electrons. The maximum atomic E-state index is 12.5. The molecule has 0 unspecified atom stereocenters. The highest BCUT2D eigenvalue weighted by Gasteiger charge is 2.51. The summed E-state index contributed by atoms with van der Waals surface area (Å²) in [5, 5.41) is 4.57. The van der Waals surface area contributed by atoms with Crippen LogP contribution in [0.25, 0.3) is 0 Å². The van der Waals surface area contributed by atoms with Gasteiger partial charge < -0.3 is 10.1 Å². The molecular weight excluding hydrogens is 390 g/mol. The number of hydrogen-bond donors (Lipinski definition) is 2. The van der Waals surface area contributed by atoms with Gasteiger partial charge in [-0.15, -0.1) is 0 Å². The first kappa shape index (κ1) is 21.5. The molecular formula is C21H25N3O6. The van der Waals surface area contributed by atoms with Gasteiger partial charge in [0.05, 0.1) is 11.8 Å². The molecule has 2 fully saturated rings. The fourth-order valence-corrected chi connectivity index (χ4v) is 3.92. The van der Waals surface area contributed by atoms with E-state index in [4.69, 9.17) is 4.74 Å². The van der Waals surface area contributed by atoms with Gasteiger partial charge in [0.25, 0.3) is 5.91 Å². The summed E-state index contributed by atoms with van der Waals surface area (Å²) in [7, 11) is 0. The topological polar surface area (TPSA) is 122 Å². The normalized spacial score (nSPS) is 21.6. The van der Waals surface area contributed by atoms with Gasteiger partial charge in [-0.3, -0.25) is 24.6 Å². The minimum Gasteiger partial charge on any atom is -0.454 e. The smallest absolute Gasteiger partial charge is 0.329 e.